The number of phenols is 1. The van der Waals surface area contributed by atoms with Crippen LogP contribution in [0, 0.1) is 6.92 Å². The Morgan fingerprint density at radius 2 is 1.95 bits per heavy atom. The number of aryl methyl sites for hydroxylation is 1. The topological polar surface area (TPSA) is 46.5 Å². The second-order valence-electron chi connectivity index (χ2n) is 4.19. The minimum absolute atomic E-state index is 0.221. The van der Waals surface area contributed by atoms with Crippen molar-refractivity contribution in [3.05, 3.63) is 52.5 Å². The molecule has 2 aromatic rings. The predicted octanol–water partition coefficient (Wildman–Crippen LogP) is 3.81. The Bertz CT molecular complexity index is 635. The third-order valence-corrected chi connectivity index (χ3v) is 3.21. The van der Waals surface area contributed by atoms with Gasteiger partial charge >= 0.3 is 5.97 Å². The largest absolute Gasteiger partial charge is 0.508 e. The van der Waals surface area contributed by atoms with Crippen LogP contribution in [0.1, 0.15) is 15.9 Å². The molecular formula is C15H13ClO3. The number of phenolic OH excluding ortho intramolecular Hbond substituents is 1. The minimum atomic E-state index is -0.459. The molecule has 0 spiro atoms. The van der Waals surface area contributed by atoms with Crippen LogP contribution in [0.2, 0.25) is 5.02 Å². The molecule has 0 fully saturated rings. The highest BCUT2D eigenvalue weighted by molar-refractivity contribution is 6.33. The molecule has 2 aromatic carbocycles. The van der Waals surface area contributed by atoms with Crippen molar-refractivity contribution in [1.82, 2.24) is 0 Å². The van der Waals surface area contributed by atoms with E-state index in [1.165, 1.54) is 7.11 Å². The SMILES string of the molecule is COC(=O)c1ccc(-c2ccc(O)cc2C)cc1Cl. The molecule has 4 heteroatoms. The number of carbonyl (C=O) groups excluding carboxylic acids is 1. The van der Waals surface area contributed by atoms with Gasteiger partial charge < -0.3 is 9.84 Å². The Morgan fingerprint density at radius 3 is 2.53 bits per heavy atom. The molecule has 0 aliphatic rings. The van der Waals surface area contributed by atoms with E-state index in [1.807, 2.05) is 13.0 Å². The zero-order chi connectivity index (χ0) is 14.0. The number of esters is 1. The van der Waals surface area contributed by atoms with Gasteiger partial charge in [0.05, 0.1) is 17.7 Å². The third kappa shape index (κ3) is 2.71. The van der Waals surface area contributed by atoms with E-state index in [2.05, 4.69) is 4.74 Å². The number of halogens is 1. The Morgan fingerprint density at radius 1 is 1.21 bits per heavy atom. The molecular weight excluding hydrogens is 264 g/mol. The average Bonchev–Trinajstić information content (AvgIpc) is 2.37. The summed E-state index contributed by atoms with van der Waals surface area (Å²) in [6, 6.07) is 10.3. The van der Waals surface area contributed by atoms with Crippen molar-refractivity contribution in [1.29, 1.82) is 0 Å². The monoisotopic (exact) mass is 276 g/mol. The fourth-order valence-electron chi connectivity index (χ4n) is 1.93. The quantitative estimate of drug-likeness (QED) is 0.849. The van der Waals surface area contributed by atoms with Gasteiger partial charge in [0.15, 0.2) is 0 Å². The molecule has 0 saturated carbocycles. The van der Waals surface area contributed by atoms with Gasteiger partial charge in [-0.3, -0.25) is 0 Å². The Kier molecular flexibility index (Phi) is 3.76. The first kappa shape index (κ1) is 13.4. The van der Waals surface area contributed by atoms with E-state index in [0.29, 0.717) is 10.6 Å². The van der Waals surface area contributed by atoms with E-state index in [1.54, 1.807) is 30.3 Å². The number of aromatic hydroxyl groups is 1. The molecule has 0 bridgehead atoms. The Labute approximate surface area is 116 Å². The van der Waals surface area contributed by atoms with Gasteiger partial charge in [0.2, 0.25) is 0 Å². The molecule has 0 saturated heterocycles. The molecule has 3 nitrogen and oxygen atoms in total. The lowest BCUT2D eigenvalue weighted by Gasteiger charge is -2.09. The van der Waals surface area contributed by atoms with Gasteiger partial charge in [-0.1, -0.05) is 23.7 Å². The lowest BCUT2D eigenvalue weighted by atomic mass is 9.99. The van der Waals surface area contributed by atoms with Crippen molar-refractivity contribution in [2.45, 2.75) is 6.92 Å². The summed E-state index contributed by atoms with van der Waals surface area (Å²) in [7, 11) is 1.32. The van der Waals surface area contributed by atoms with E-state index >= 15 is 0 Å². The maximum Gasteiger partial charge on any atom is 0.339 e. The van der Waals surface area contributed by atoms with Gasteiger partial charge in [0, 0.05) is 0 Å². The van der Waals surface area contributed by atoms with Crippen LogP contribution >= 0.6 is 11.6 Å². The number of hydrogen-bond acceptors (Lipinski definition) is 3. The van der Waals surface area contributed by atoms with Crippen LogP contribution in [0.3, 0.4) is 0 Å². The summed E-state index contributed by atoms with van der Waals surface area (Å²) in [5.74, 6) is -0.238. The molecule has 0 atom stereocenters. The minimum Gasteiger partial charge on any atom is -0.508 e. The van der Waals surface area contributed by atoms with Gasteiger partial charge in [0.1, 0.15) is 5.75 Å². The number of carbonyl (C=O) groups is 1. The smallest absolute Gasteiger partial charge is 0.339 e. The molecule has 0 aliphatic heterocycles. The fourth-order valence-corrected chi connectivity index (χ4v) is 2.19. The first-order valence-corrected chi connectivity index (χ1v) is 6.08. The van der Waals surface area contributed by atoms with Crippen molar-refractivity contribution in [2.24, 2.45) is 0 Å². The van der Waals surface area contributed by atoms with Crippen molar-refractivity contribution in [3.8, 4) is 16.9 Å². The van der Waals surface area contributed by atoms with Crippen LogP contribution in [-0.4, -0.2) is 18.2 Å². The maximum absolute atomic E-state index is 11.5. The molecule has 0 unspecified atom stereocenters. The van der Waals surface area contributed by atoms with Crippen LogP contribution in [0.4, 0.5) is 0 Å². The fraction of sp³-hybridized carbons (Fsp3) is 0.133. The molecule has 19 heavy (non-hydrogen) atoms. The lowest BCUT2D eigenvalue weighted by Crippen LogP contribution is -2.01. The second-order valence-corrected chi connectivity index (χ2v) is 4.59. The number of hydrogen-bond donors (Lipinski definition) is 1. The molecule has 0 heterocycles. The van der Waals surface area contributed by atoms with Crippen LogP contribution < -0.4 is 0 Å². The Balaban J connectivity index is 2.47. The van der Waals surface area contributed by atoms with E-state index < -0.39 is 5.97 Å². The summed E-state index contributed by atoms with van der Waals surface area (Å²) in [6.45, 7) is 1.90. The van der Waals surface area contributed by atoms with Gasteiger partial charge in [-0.25, -0.2) is 4.79 Å². The highest BCUT2D eigenvalue weighted by Gasteiger charge is 2.12. The van der Waals surface area contributed by atoms with Gasteiger partial charge in [-0.2, -0.15) is 0 Å². The zero-order valence-corrected chi connectivity index (χ0v) is 11.4. The van der Waals surface area contributed by atoms with Crippen LogP contribution in [0.15, 0.2) is 36.4 Å². The summed E-state index contributed by atoms with van der Waals surface area (Å²) in [5.41, 5.74) is 3.11. The summed E-state index contributed by atoms with van der Waals surface area (Å²) < 4.78 is 4.65. The third-order valence-electron chi connectivity index (χ3n) is 2.90. The van der Waals surface area contributed by atoms with Crippen LogP contribution in [0.5, 0.6) is 5.75 Å². The van der Waals surface area contributed by atoms with Crippen molar-refractivity contribution in [2.75, 3.05) is 7.11 Å². The first-order chi connectivity index (χ1) is 9.02. The van der Waals surface area contributed by atoms with Crippen molar-refractivity contribution in [3.63, 3.8) is 0 Å². The summed E-state index contributed by atoms with van der Waals surface area (Å²) in [5, 5.41) is 9.74. The second kappa shape index (κ2) is 5.33. The number of ether oxygens (including phenoxy) is 1. The highest BCUT2D eigenvalue weighted by atomic mass is 35.5. The Hall–Kier alpha value is -2.00. The predicted molar refractivity (Wildman–Crippen MR) is 74.6 cm³/mol. The molecule has 2 rings (SSSR count). The number of rotatable bonds is 2. The van der Waals surface area contributed by atoms with Gasteiger partial charge in [-0.15, -0.1) is 0 Å². The summed E-state index contributed by atoms with van der Waals surface area (Å²) >= 11 is 6.09. The lowest BCUT2D eigenvalue weighted by molar-refractivity contribution is 0.0601. The van der Waals surface area contributed by atoms with E-state index in [9.17, 15) is 9.90 Å². The van der Waals surface area contributed by atoms with E-state index in [4.69, 9.17) is 11.6 Å². The standard InChI is InChI=1S/C15H13ClO3/c1-9-7-11(17)4-6-12(9)10-3-5-13(14(16)8-10)15(18)19-2/h3-8,17H,1-2H3. The van der Waals surface area contributed by atoms with Gasteiger partial charge in [0.25, 0.3) is 0 Å². The van der Waals surface area contributed by atoms with Crippen molar-refractivity contribution < 1.29 is 14.6 Å². The first-order valence-electron chi connectivity index (χ1n) is 5.71. The normalized spacial score (nSPS) is 10.3. The van der Waals surface area contributed by atoms with Gasteiger partial charge in [-0.05, 0) is 47.9 Å². The van der Waals surface area contributed by atoms with E-state index in [0.717, 1.165) is 16.7 Å². The molecule has 1 N–H and O–H groups in total. The summed E-state index contributed by atoms with van der Waals surface area (Å²) in [4.78, 5) is 11.5. The number of methoxy groups -OCH3 is 1. The summed E-state index contributed by atoms with van der Waals surface area (Å²) in [6.07, 6.45) is 0. The maximum atomic E-state index is 11.5. The molecule has 0 amide bonds. The zero-order valence-electron chi connectivity index (χ0n) is 10.6. The molecule has 0 radical (unpaired) electrons. The average molecular weight is 277 g/mol. The van der Waals surface area contributed by atoms with Crippen LogP contribution in [-0.2, 0) is 4.74 Å². The van der Waals surface area contributed by atoms with Crippen LogP contribution in [0.25, 0.3) is 11.1 Å². The number of benzene rings is 2. The van der Waals surface area contributed by atoms with Crippen molar-refractivity contribution >= 4 is 17.6 Å². The molecule has 0 aliphatic carbocycles. The molecule has 0 aromatic heterocycles. The van der Waals surface area contributed by atoms with E-state index in [-0.39, 0.29) is 5.75 Å². The molecule has 98 valence electrons. The highest BCUT2D eigenvalue weighted by Crippen LogP contribution is 2.30.